The van der Waals surface area contributed by atoms with Gasteiger partial charge in [-0.3, -0.25) is 9.78 Å². The molecule has 0 saturated carbocycles. The van der Waals surface area contributed by atoms with Crippen LogP contribution < -0.4 is 10.1 Å². The monoisotopic (exact) mass is 444 g/mol. The predicted octanol–water partition coefficient (Wildman–Crippen LogP) is 4.01. The molecule has 0 spiro atoms. The number of carbonyl (C=O) groups excluding carboxylic acids is 1. The number of aromatic nitrogens is 3. The number of likely N-dealkylation sites (N-methyl/N-ethyl adjacent to an activating group) is 2. The molecule has 1 amide bonds. The van der Waals surface area contributed by atoms with Gasteiger partial charge < -0.3 is 24.8 Å². The van der Waals surface area contributed by atoms with Gasteiger partial charge in [0.05, 0.1) is 30.9 Å². The quantitative estimate of drug-likeness (QED) is 0.427. The van der Waals surface area contributed by atoms with Crippen molar-refractivity contribution in [2.24, 2.45) is 0 Å². The van der Waals surface area contributed by atoms with Crippen LogP contribution in [-0.4, -0.2) is 72.0 Å². The Hall–Kier alpha value is -3.91. The third kappa shape index (κ3) is 5.12. The van der Waals surface area contributed by atoms with Crippen molar-refractivity contribution < 1.29 is 9.53 Å². The molecule has 4 rings (SSSR count). The maximum Gasteiger partial charge on any atom is 0.253 e. The van der Waals surface area contributed by atoms with Crippen molar-refractivity contribution >= 4 is 28.3 Å². The van der Waals surface area contributed by atoms with Crippen molar-refractivity contribution in [3.8, 4) is 17.1 Å². The first kappa shape index (κ1) is 22.3. The van der Waals surface area contributed by atoms with E-state index in [1.807, 2.05) is 43.3 Å². The summed E-state index contributed by atoms with van der Waals surface area (Å²) in [6, 6.07) is 15.5. The fourth-order valence-electron chi connectivity index (χ4n) is 3.50. The van der Waals surface area contributed by atoms with E-state index < -0.39 is 0 Å². The summed E-state index contributed by atoms with van der Waals surface area (Å²) in [4.78, 5) is 28.9. The van der Waals surface area contributed by atoms with Crippen LogP contribution in [-0.2, 0) is 0 Å². The lowest BCUT2D eigenvalue weighted by atomic mass is 10.1. The first-order valence-corrected chi connectivity index (χ1v) is 10.7. The highest BCUT2D eigenvalue weighted by Crippen LogP contribution is 2.29. The molecule has 8 nitrogen and oxygen atoms in total. The van der Waals surface area contributed by atoms with Gasteiger partial charge in [0.1, 0.15) is 17.3 Å². The average molecular weight is 445 g/mol. The summed E-state index contributed by atoms with van der Waals surface area (Å²) in [7, 11) is 7.35. The second-order valence-electron chi connectivity index (χ2n) is 8.13. The number of hydrogen-bond acceptors (Lipinski definition) is 6. The minimum absolute atomic E-state index is 0.0534. The van der Waals surface area contributed by atoms with E-state index in [1.54, 1.807) is 43.6 Å². The zero-order valence-corrected chi connectivity index (χ0v) is 19.3. The maximum absolute atomic E-state index is 12.8. The van der Waals surface area contributed by atoms with Crippen molar-refractivity contribution in [1.29, 1.82) is 0 Å². The lowest BCUT2D eigenvalue weighted by molar-refractivity contribution is 0.0786. The van der Waals surface area contributed by atoms with Gasteiger partial charge in [0.2, 0.25) is 0 Å². The number of benzene rings is 2. The number of nitrogens with zero attached hydrogens (tertiary/aromatic N) is 4. The Morgan fingerprint density at radius 3 is 2.64 bits per heavy atom. The average Bonchev–Trinajstić information content (AvgIpc) is 3.27. The summed E-state index contributed by atoms with van der Waals surface area (Å²) in [6.07, 6.45) is 3.37. The minimum Gasteiger partial charge on any atom is -0.495 e. The molecule has 4 aromatic rings. The number of nitrogens with one attached hydrogen (secondary N) is 2. The smallest absolute Gasteiger partial charge is 0.253 e. The second-order valence-corrected chi connectivity index (χ2v) is 8.13. The summed E-state index contributed by atoms with van der Waals surface area (Å²) in [6.45, 7) is 1.44. The van der Waals surface area contributed by atoms with E-state index in [0.29, 0.717) is 29.4 Å². The fourth-order valence-corrected chi connectivity index (χ4v) is 3.50. The number of ether oxygens (including phenoxy) is 1. The van der Waals surface area contributed by atoms with Crippen LogP contribution in [0.1, 0.15) is 10.4 Å². The molecule has 0 radical (unpaired) electrons. The highest BCUT2D eigenvalue weighted by Gasteiger charge is 2.15. The van der Waals surface area contributed by atoms with Crippen LogP contribution >= 0.6 is 0 Å². The Morgan fingerprint density at radius 1 is 1.06 bits per heavy atom. The number of amides is 1. The van der Waals surface area contributed by atoms with Crippen LogP contribution in [0.25, 0.3) is 22.3 Å². The van der Waals surface area contributed by atoms with Crippen molar-refractivity contribution in [2.75, 3.05) is 46.7 Å². The zero-order chi connectivity index (χ0) is 23.4. The topological polar surface area (TPSA) is 86.4 Å². The molecule has 33 heavy (non-hydrogen) atoms. The van der Waals surface area contributed by atoms with Crippen LogP contribution in [0, 0.1) is 0 Å². The van der Waals surface area contributed by atoms with E-state index >= 15 is 0 Å². The summed E-state index contributed by atoms with van der Waals surface area (Å²) in [5.41, 5.74) is 3.93. The molecule has 0 aliphatic heterocycles. The minimum atomic E-state index is -0.0534. The van der Waals surface area contributed by atoms with Crippen LogP contribution in [0.3, 0.4) is 0 Å². The molecule has 0 unspecified atom stereocenters. The van der Waals surface area contributed by atoms with Crippen molar-refractivity contribution in [2.45, 2.75) is 0 Å². The van der Waals surface area contributed by atoms with Gasteiger partial charge in [-0.15, -0.1) is 0 Å². The molecule has 0 bridgehead atoms. The molecule has 2 aromatic heterocycles. The molecule has 2 heterocycles. The molecule has 0 atom stereocenters. The molecular formula is C25H28N6O2. The normalized spacial score (nSPS) is 11.1. The number of para-hydroxylation sites is 1. The van der Waals surface area contributed by atoms with Gasteiger partial charge in [-0.25, -0.2) is 4.98 Å². The number of aromatic amines is 1. The van der Waals surface area contributed by atoms with Crippen molar-refractivity contribution in [3.63, 3.8) is 0 Å². The number of carbonyl (C=O) groups is 1. The van der Waals surface area contributed by atoms with Crippen LogP contribution in [0.5, 0.6) is 5.75 Å². The Labute approximate surface area is 193 Å². The highest BCUT2D eigenvalue weighted by atomic mass is 16.5. The molecule has 8 heteroatoms. The standard InChI is InChI=1S/C25H28N6O2/c1-30(2)11-12-31(3)25(32)18-9-10-20(23(14-18)33-4)28-24-16-26-15-22(29-24)21-13-17-7-5-6-8-19(17)27-21/h5-10,13-16,27H,11-12H2,1-4H3,(H,28,29). The molecule has 2 N–H and O–H groups in total. The first-order valence-electron chi connectivity index (χ1n) is 10.7. The van der Waals surface area contributed by atoms with Crippen LogP contribution in [0.2, 0.25) is 0 Å². The number of fused-ring (bicyclic) bond motifs is 1. The van der Waals surface area contributed by atoms with Crippen LogP contribution in [0.4, 0.5) is 11.5 Å². The number of methoxy groups -OCH3 is 1. The van der Waals surface area contributed by atoms with Crippen molar-refractivity contribution in [1.82, 2.24) is 24.8 Å². The van der Waals surface area contributed by atoms with Gasteiger partial charge in [0.15, 0.2) is 0 Å². The largest absolute Gasteiger partial charge is 0.495 e. The summed E-state index contributed by atoms with van der Waals surface area (Å²) >= 11 is 0. The van der Waals surface area contributed by atoms with Gasteiger partial charge in [0, 0.05) is 36.6 Å². The molecule has 0 saturated heterocycles. The lowest BCUT2D eigenvalue weighted by Crippen LogP contribution is -2.33. The lowest BCUT2D eigenvalue weighted by Gasteiger charge is -2.20. The van der Waals surface area contributed by atoms with Gasteiger partial charge in [-0.05, 0) is 44.4 Å². The molecule has 2 aromatic carbocycles. The Morgan fingerprint density at radius 2 is 1.88 bits per heavy atom. The van der Waals surface area contributed by atoms with E-state index in [4.69, 9.17) is 9.72 Å². The fraction of sp³-hybridized carbons (Fsp3) is 0.240. The number of hydrogen-bond donors (Lipinski definition) is 2. The first-order chi connectivity index (χ1) is 15.9. The van der Waals surface area contributed by atoms with E-state index in [2.05, 4.69) is 27.4 Å². The molecule has 170 valence electrons. The highest BCUT2D eigenvalue weighted by molar-refractivity contribution is 5.95. The summed E-state index contributed by atoms with van der Waals surface area (Å²) < 4.78 is 5.55. The van der Waals surface area contributed by atoms with E-state index in [0.717, 1.165) is 28.8 Å². The predicted molar refractivity (Wildman–Crippen MR) is 131 cm³/mol. The summed E-state index contributed by atoms with van der Waals surface area (Å²) in [5, 5.41) is 4.37. The van der Waals surface area contributed by atoms with Gasteiger partial charge in [0.25, 0.3) is 5.91 Å². The maximum atomic E-state index is 12.8. The third-order valence-corrected chi connectivity index (χ3v) is 5.38. The van der Waals surface area contributed by atoms with E-state index in [1.165, 1.54) is 0 Å². The number of anilines is 2. The summed E-state index contributed by atoms with van der Waals surface area (Å²) in [5.74, 6) is 1.08. The molecular weight excluding hydrogens is 416 g/mol. The Balaban J connectivity index is 1.54. The third-order valence-electron chi connectivity index (χ3n) is 5.38. The number of rotatable bonds is 8. The molecule has 0 aliphatic carbocycles. The van der Waals surface area contributed by atoms with Gasteiger partial charge in [-0.1, -0.05) is 18.2 Å². The Kier molecular flexibility index (Phi) is 6.55. The molecule has 0 aliphatic rings. The van der Waals surface area contributed by atoms with Gasteiger partial charge >= 0.3 is 0 Å². The Bertz CT molecular complexity index is 1230. The van der Waals surface area contributed by atoms with E-state index in [-0.39, 0.29) is 5.91 Å². The number of H-pyrrole nitrogens is 1. The zero-order valence-electron chi connectivity index (χ0n) is 19.3. The second kappa shape index (κ2) is 9.70. The molecule has 0 fully saturated rings. The van der Waals surface area contributed by atoms with E-state index in [9.17, 15) is 4.79 Å². The van der Waals surface area contributed by atoms with Gasteiger partial charge in [-0.2, -0.15) is 0 Å². The van der Waals surface area contributed by atoms with Crippen molar-refractivity contribution in [3.05, 3.63) is 66.5 Å². The SMILES string of the molecule is COc1cc(C(=O)N(C)CCN(C)C)ccc1Nc1cncc(-c2cc3ccccc3[nH]2)n1. The van der Waals surface area contributed by atoms with Crippen LogP contribution in [0.15, 0.2) is 60.9 Å².